The number of nitrogens with two attached hydrogens (primary N) is 2. The summed E-state index contributed by atoms with van der Waals surface area (Å²) in [5, 5.41) is 41.3. The van der Waals surface area contributed by atoms with E-state index in [0.717, 1.165) is 45.9 Å². The largest absolute Gasteiger partial charge is 0.451 e. The topological polar surface area (TPSA) is 360 Å². The Morgan fingerprint density at radius 2 is 0.545 bits per heavy atom. The number of hydrogen-bond acceptors (Lipinski definition) is 21. The summed E-state index contributed by atoms with van der Waals surface area (Å²) < 4.78 is 398. The summed E-state index contributed by atoms with van der Waals surface area (Å²) in [6, 6.07) is 3.30. The Labute approximate surface area is 798 Å². The van der Waals surface area contributed by atoms with Crippen LogP contribution in [0.5, 0.6) is 0 Å². The molecule has 31 nitrogen and oxygen atoms in total. The molecule has 788 valence electrons. The second-order valence-corrected chi connectivity index (χ2v) is 32.2. The van der Waals surface area contributed by atoms with Gasteiger partial charge in [-0.2, -0.15) is 65.9 Å². The number of Topliss-reactive ketones (excluding diaryl/α,β-unsaturated/α-hetero) is 1. The number of likely N-dealkylation sites (N-methyl/N-ethyl adjacent to an activating group) is 3. The van der Waals surface area contributed by atoms with Gasteiger partial charge in [0.1, 0.15) is 34.9 Å². The number of benzene rings is 5. The molecule has 7 N–H and O–H groups in total. The van der Waals surface area contributed by atoms with Crippen LogP contribution in [-0.2, 0) is 157 Å². The number of fused-ring (bicyclic) bond motifs is 5. The molecule has 15 rings (SSSR count). The van der Waals surface area contributed by atoms with Crippen LogP contribution < -0.4 is 27.4 Å². The summed E-state index contributed by atoms with van der Waals surface area (Å²) in [4.78, 5) is 80.5. The van der Waals surface area contributed by atoms with E-state index in [-0.39, 0.29) is 200 Å². The number of ketones is 1. The van der Waals surface area contributed by atoms with E-state index in [1.54, 1.807) is 0 Å². The van der Waals surface area contributed by atoms with Crippen molar-refractivity contribution in [2.75, 3.05) is 60.9 Å². The fraction of sp³-hybridized carbons (Fsp3) is 0.429. The summed E-state index contributed by atoms with van der Waals surface area (Å²) >= 11 is 0. The van der Waals surface area contributed by atoms with Crippen molar-refractivity contribution >= 4 is 35.3 Å². The van der Waals surface area contributed by atoms with Crippen molar-refractivity contribution < 1.29 is 160 Å². The third kappa shape index (κ3) is 28.8. The van der Waals surface area contributed by atoms with Gasteiger partial charge in [0.15, 0.2) is 87.3 Å². The Hall–Kier alpha value is -13.9. The summed E-state index contributed by atoms with van der Waals surface area (Å²) in [5.41, 5.74) is 9.60. The van der Waals surface area contributed by atoms with Gasteiger partial charge >= 0.3 is 30.9 Å². The number of alkyl halides is 15. The quantitative estimate of drug-likeness (QED) is 0.0182. The highest BCUT2D eigenvalue weighted by molar-refractivity contribution is 5.99. The predicted molar refractivity (Wildman–Crippen MR) is 437 cm³/mol. The summed E-state index contributed by atoms with van der Waals surface area (Å²) in [5.74, 6) is -26.7. The van der Waals surface area contributed by atoms with Gasteiger partial charge in [-0.05, 0) is 98.6 Å². The van der Waals surface area contributed by atoms with Crippen molar-refractivity contribution in [2.24, 2.45) is 11.5 Å². The van der Waals surface area contributed by atoms with Gasteiger partial charge in [0.05, 0.1) is 39.1 Å². The summed E-state index contributed by atoms with van der Waals surface area (Å²) in [7, 11) is 6.01. The fourth-order valence-corrected chi connectivity index (χ4v) is 15.1. The first-order chi connectivity index (χ1) is 67.9. The number of allylic oxidation sites excluding steroid dienone is 1. The molecule has 3 atom stereocenters. The van der Waals surface area contributed by atoms with Gasteiger partial charge in [0.2, 0.25) is 58.7 Å². The average molecular weight is 2110 g/mol. The maximum Gasteiger partial charge on any atom is 0.451 e. The number of nitrogens with zero attached hydrogens (tertiary/aromatic N) is 20. The number of amides is 5. The third-order valence-electron chi connectivity index (χ3n) is 22.4. The van der Waals surface area contributed by atoms with Crippen molar-refractivity contribution in [1.82, 2.24) is 114 Å². The first kappa shape index (κ1) is 113. The maximum atomic E-state index is 13.8. The van der Waals surface area contributed by atoms with E-state index in [2.05, 4.69) is 72.7 Å². The molecule has 10 aromatic rings. The van der Waals surface area contributed by atoms with Crippen molar-refractivity contribution in [2.45, 2.75) is 172 Å². The number of aromatic nitrogens is 15. The third-order valence-corrected chi connectivity index (χ3v) is 22.4. The maximum absolute atomic E-state index is 13.8. The van der Waals surface area contributed by atoms with Crippen LogP contribution in [0.2, 0.25) is 0 Å². The fourth-order valence-electron chi connectivity index (χ4n) is 15.1. The van der Waals surface area contributed by atoms with E-state index in [1.807, 2.05) is 0 Å². The molecule has 5 aliphatic heterocycles. The number of nitrogens with one attached hydrogen (secondary N) is 3. The van der Waals surface area contributed by atoms with Gasteiger partial charge in [0, 0.05) is 165 Å². The standard InChI is InChI=1S/2C17H17F6N5O.C17H15F6N5O.C16H15F6N5O.C16H12F6N4O2.CH5N/c3*1-24-10(4-9-5-12(19)13(20)7-11(9)18)6-15(29)27-2-3-28-14(8-27)25-26-16(28)17(21,22)23;17-10-6-12(19)11(18)4-8(10)3-9(23)5-14(28)26-1-2-27-13(7-26)24-25-15(27)16(20,21)22;17-10-6-12(19)11(18)4-8(10)3-9(27)5-14(28)25-1-2-26-13(7-25)23-24-15(26)16(20,21)22;1-2/h2*5,7,10,24H,2-4,6,8H2,1H3;5-7,24H,2-4,8H2,1H3;4,6,9H,1-3,5,7,23H2;4,6H,1-3,5,7H2;2H2,1H3/b;;10-6-;;;/t10-;;;9-;;/m1..1../s1. The van der Waals surface area contributed by atoms with Crippen LogP contribution in [0, 0.1) is 87.3 Å². The van der Waals surface area contributed by atoms with Gasteiger partial charge < -0.3 is 74.8 Å². The molecular formula is C84H81F30N25O6. The Balaban J connectivity index is 0.000000185. The van der Waals surface area contributed by atoms with Crippen LogP contribution in [0.15, 0.2) is 72.4 Å². The number of carbonyl (C=O) groups is 6. The van der Waals surface area contributed by atoms with E-state index in [4.69, 9.17) is 5.73 Å². The van der Waals surface area contributed by atoms with Gasteiger partial charge in [-0.3, -0.25) is 28.8 Å². The molecule has 5 amide bonds. The Kier molecular flexibility index (Phi) is 36.9. The number of halogens is 30. The summed E-state index contributed by atoms with van der Waals surface area (Å²) in [6.07, 6.45) is -24.5. The first-order valence-corrected chi connectivity index (χ1v) is 42.5. The van der Waals surface area contributed by atoms with Crippen LogP contribution >= 0.6 is 0 Å². The molecule has 0 radical (unpaired) electrons. The number of hydrogen-bond donors (Lipinski definition) is 5. The van der Waals surface area contributed by atoms with Crippen LogP contribution in [0.3, 0.4) is 0 Å². The number of rotatable bonds is 22. The molecule has 0 spiro atoms. The molecule has 145 heavy (non-hydrogen) atoms. The van der Waals surface area contributed by atoms with Gasteiger partial charge in [0.25, 0.3) is 0 Å². The van der Waals surface area contributed by atoms with Gasteiger partial charge in [-0.15, -0.1) is 51.0 Å². The number of carbonyl (C=O) groups excluding carboxylic acids is 6. The zero-order chi connectivity index (χ0) is 107. The Morgan fingerprint density at radius 3 is 0.821 bits per heavy atom. The zero-order valence-corrected chi connectivity index (χ0v) is 75.4. The van der Waals surface area contributed by atoms with Crippen molar-refractivity contribution in [3.05, 3.63) is 246 Å². The lowest BCUT2D eigenvalue weighted by atomic mass is 10.0. The van der Waals surface area contributed by atoms with E-state index in [9.17, 15) is 160 Å². The lowest BCUT2D eigenvalue weighted by molar-refractivity contribution is -0.149. The highest BCUT2D eigenvalue weighted by atomic mass is 19.4. The lowest BCUT2D eigenvalue weighted by Gasteiger charge is -2.29. The van der Waals surface area contributed by atoms with Crippen LogP contribution in [-0.4, -0.2) is 213 Å². The molecule has 5 aromatic heterocycles. The molecule has 0 bridgehead atoms. The van der Waals surface area contributed by atoms with Crippen LogP contribution in [0.4, 0.5) is 132 Å². The predicted octanol–water partition coefficient (Wildman–Crippen LogP) is 10.8. The second-order valence-electron chi connectivity index (χ2n) is 32.2. The van der Waals surface area contributed by atoms with E-state index in [0.29, 0.717) is 48.5 Å². The molecule has 5 aliphatic rings. The average Bonchev–Trinajstić information content (AvgIpc) is 1.66. The lowest BCUT2D eigenvalue weighted by Crippen LogP contribution is -2.42. The Bertz CT molecular complexity index is 6220. The molecule has 10 heterocycles. The molecule has 0 saturated carbocycles. The minimum atomic E-state index is -4.68. The molecule has 0 aliphatic carbocycles. The Morgan fingerprint density at radius 1 is 0.310 bits per heavy atom. The minimum Gasteiger partial charge on any atom is -0.391 e. The van der Waals surface area contributed by atoms with Crippen LogP contribution in [0.25, 0.3) is 0 Å². The van der Waals surface area contributed by atoms with Gasteiger partial charge in [-0.25, -0.2) is 65.9 Å². The zero-order valence-electron chi connectivity index (χ0n) is 75.4. The molecule has 61 heteroatoms. The first-order valence-electron chi connectivity index (χ1n) is 42.5. The van der Waals surface area contributed by atoms with Crippen molar-refractivity contribution in [3.8, 4) is 0 Å². The van der Waals surface area contributed by atoms with E-state index >= 15 is 0 Å². The second kappa shape index (κ2) is 47.3. The molecule has 0 saturated heterocycles. The monoisotopic (exact) mass is 2110 g/mol. The van der Waals surface area contributed by atoms with Crippen molar-refractivity contribution in [3.63, 3.8) is 0 Å². The summed E-state index contributed by atoms with van der Waals surface area (Å²) in [6.45, 7) is -1.64. The highest BCUT2D eigenvalue weighted by Crippen LogP contribution is 2.37. The normalized spacial score (nSPS) is 14.8. The van der Waals surface area contributed by atoms with Gasteiger partial charge in [-0.1, -0.05) is 0 Å². The molecule has 5 aromatic carbocycles. The molecule has 0 fully saturated rings. The smallest absolute Gasteiger partial charge is 0.391 e. The van der Waals surface area contributed by atoms with Crippen LogP contribution in [0.1, 0.15) is 112 Å². The highest BCUT2D eigenvalue weighted by Gasteiger charge is 2.46. The minimum absolute atomic E-state index is 0.000783. The van der Waals surface area contributed by atoms with E-state index in [1.165, 1.54) is 47.8 Å². The van der Waals surface area contributed by atoms with E-state index < -0.39 is 219 Å². The molecule has 1 unspecified atom stereocenters. The van der Waals surface area contributed by atoms with Crippen molar-refractivity contribution in [1.29, 1.82) is 0 Å². The SMILES string of the molecule is CN.CN/C(=C\C(=O)N1CCn2c(nnc2C(F)(F)F)C1)Cc1cc(F)c(F)cc1F.CNC(CC(=O)N1CCn2c(nnc2C(F)(F)F)C1)Cc1cc(F)c(F)cc1F.CN[C@@H](CC(=O)N1CCn2c(nnc2C(F)(F)F)C1)Cc1cc(F)c(F)cc1F.N[C@@H](CC(=O)N1CCn2c(nnc2C(F)(F)F)C1)Cc1cc(F)c(F)cc1F.O=C(CC(=O)N1CCn2c(nnc2C(F)(F)F)C1)Cc1cc(F)c(F)cc1F. The molecular weight excluding hydrogens is 2030 g/mol.